The molecule has 1 amide bonds. The van der Waals surface area contributed by atoms with Crippen molar-refractivity contribution in [3.63, 3.8) is 0 Å². The van der Waals surface area contributed by atoms with Crippen molar-refractivity contribution in [2.75, 3.05) is 27.4 Å². The quantitative estimate of drug-likeness (QED) is 0.673. The van der Waals surface area contributed by atoms with Crippen molar-refractivity contribution in [1.82, 2.24) is 5.32 Å². The summed E-state index contributed by atoms with van der Waals surface area (Å²) in [5.41, 5.74) is 1.05. The van der Waals surface area contributed by atoms with Gasteiger partial charge < -0.3 is 19.5 Å². The summed E-state index contributed by atoms with van der Waals surface area (Å²) in [6.45, 7) is 7.24. The highest BCUT2D eigenvalue weighted by atomic mass is 16.5. The summed E-state index contributed by atoms with van der Waals surface area (Å²) in [5, 5.41) is 2.95. The fraction of sp³-hybridized carbons (Fsp3) is 0.611. The first kappa shape index (κ1) is 19.3. The van der Waals surface area contributed by atoms with Crippen LogP contribution in [0, 0.1) is 5.92 Å². The van der Waals surface area contributed by atoms with E-state index in [-0.39, 0.29) is 17.9 Å². The predicted molar refractivity (Wildman–Crippen MR) is 91.1 cm³/mol. The number of ether oxygens (including phenoxy) is 3. The summed E-state index contributed by atoms with van der Waals surface area (Å²) in [6, 6.07) is 5.74. The molecule has 1 rings (SSSR count). The molecule has 0 radical (unpaired) electrons. The van der Waals surface area contributed by atoms with Gasteiger partial charge in [-0.25, -0.2) is 0 Å². The molecule has 0 aliphatic heterocycles. The zero-order valence-electron chi connectivity index (χ0n) is 14.8. The van der Waals surface area contributed by atoms with E-state index in [1.807, 2.05) is 39.0 Å². The van der Waals surface area contributed by atoms with Gasteiger partial charge in [0.1, 0.15) is 0 Å². The molecular weight excluding hydrogens is 294 g/mol. The van der Waals surface area contributed by atoms with E-state index in [0.29, 0.717) is 31.1 Å². The van der Waals surface area contributed by atoms with Gasteiger partial charge in [0.25, 0.3) is 0 Å². The first-order valence-corrected chi connectivity index (χ1v) is 8.08. The molecule has 0 aliphatic rings. The number of carbonyl (C=O) groups excluding carboxylic acids is 1. The fourth-order valence-corrected chi connectivity index (χ4v) is 2.23. The molecule has 0 spiro atoms. The van der Waals surface area contributed by atoms with Crippen molar-refractivity contribution in [1.29, 1.82) is 0 Å². The van der Waals surface area contributed by atoms with Gasteiger partial charge in [0, 0.05) is 19.1 Å². The van der Waals surface area contributed by atoms with Crippen LogP contribution in [0.15, 0.2) is 18.2 Å². The highest BCUT2D eigenvalue weighted by molar-refractivity contribution is 5.78. The van der Waals surface area contributed by atoms with Gasteiger partial charge in [-0.15, -0.1) is 0 Å². The van der Waals surface area contributed by atoms with Crippen LogP contribution in [-0.2, 0) is 16.0 Å². The van der Waals surface area contributed by atoms with Crippen molar-refractivity contribution in [2.24, 2.45) is 5.92 Å². The second-order valence-electron chi connectivity index (χ2n) is 5.86. The first-order valence-electron chi connectivity index (χ1n) is 8.08. The molecule has 0 saturated heterocycles. The van der Waals surface area contributed by atoms with Crippen LogP contribution in [0.3, 0.4) is 0 Å². The molecule has 23 heavy (non-hydrogen) atoms. The largest absolute Gasteiger partial charge is 0.493 e. The molecule has 0 fully saturated rings. The highest BCUT2D eigenvalue weighted by Crippen LogP contribution is 2.28. The van der Waals surface area contributed by atoms with Crippen molar-refractivity contribution in [3.05, 3.63) is 23.8 Å². The average Bonchev–Trinajstić information content (AvgIpc) is 2.53. The topological polar surface area (TPSA) is 56.8 Å². The standard InChI is InChI=1S/C18H29NO4/c1-13(2)23-10-6-9-19-18(20)14(3)11-15-7-8-16(21-4)17(12-15)22-5/h7-8,12-14H,6,9-11H2,1-5H3,(H,19,20). The molecule has 5 heteroatoms. The lowest BCUT2D eigenvalue weighted by Gasteiger charge is -2.14. The zero-order valence-corrected chi connectivity index (χ0v) is 14.8. The first-order chi connectivity index (χ1) is 11.0. The molecule has 1 N–H and O–H groups in total. The van der Waals surface area contributed by atoms with Gasteiger partial charge in [0.05, 0.1) is 20.3 Å². The molecule has 0 aromatic heterocycles. The minimum atomic E-state index is -0.0980. The average molecular weight is 323 g/mol. The maximum Gasteiger partial charge on any atom is 0.223 e. The molecule has 1 aromatic carbocycles. The Morgan fingerprint density at radius 3 is 2.43 bits per heavy atom. The zero-order chi connectivity index (χ0) is 17.2. The van der Waals surface area contributed by atoms with Gasteiger partial charge >= 0.3 is 0 Å². The molecule has 0 bridgehead atoms. The van der Waals surface area contributed by atoms with E-state index in [1.165, 1.54) is 0 Å². The van der Waals surface area contributed by atoms with E-state index < -0.39 is 0 Å². The number of benzene rings is 1. The van der Waals surface area contributed by atoms with Crippen molar-refractivity contribution in [2.45, 2.75) is 39.7 Å². The Kier molecular flexibility index (Phi) is 8.48. The smallest absolute Gasteiger partial charge is 0.223 e. The van der Waals surface area contributed by atoms with Crippen molar-refractivity contribution >= 4 is 5.91 Å². The predicted octanol–water partition coefficient (Wildman–Crippen LogP) is 2.81. The maximum absolute atomic E-state index is 12.1. The monoisotopic (exact) mass is 323 g/mol. The van der Waals surface area contributed by atoms with Crippen LogP contribution in [0.1, 0.15) is 32.8 Å². The van der Waals surface area contributed by atoms with Crippen molar-refractivity contribution < 1.29 is 19.0 Å². The van der Waals surface area contributed by atoms with Gasteiger partial charge in [0.2, 0.25) is 5.91 Å². The minimum Gasteiger partial charge on any atom is -0.493 e. The third-order valence-corrected chi connectivity index (χ3v) is 3.51. The van der Waals surface area contributed by atoms with Gasteiger partial charge in [-0.1, -0.05) is 13.0 Å². The molecule has 1 aromatic rings. The van der Waals surface area contributed by atoms with Crippen LogP contribution in [0.25, 0.3) is 0 Å². The summed E-state index contributed by atoms with van der Waals surface area (Å²) in [7, 11) is 3.22. The highest BCUT2D eigenvalue weighted by Gasteiger charge is 2.14. The summed E-state index contributed by atoms with van der Waals surface area (Å²) in [5.74, 6) is 1.34. The van der Waals surface area contributed by atoms with Crippen LogP contribution in [0.4, 0.5) is 0 Å². The normalized spacial score (nSPS) is 12.1. The molecular formula is C18H29NO4. The van der Waals surface area contributed by atoms with Gasteiger partial charge in [-0.05, 0) is 44.4 Å². The third kappa shape index (κ3) is 6.91. The Morgan fingerprint density at radius 2 is 1.83 bits per heavy atom. The number of hydrogen-bond donors (Lipinski definition) is 1. The summed E-state index contributed by atoms with van der Waals surface area (Å²) in [4.78, 5) is 12.1. The Balaban J connectivity index is 2.42. The number of methoxy groups -OCH3 is 2. The third-order valence-electron chi connectivity index (χ3n) is 3.51. The van der Waals surface area contributed by atoms with Gasteiger partial charge in [-0.2, -0.15) is 0 Å². The van der Waals surface area contributed by atoms with E-state index in [0.717, 1.165) is 12.0 Å². The molecule has 0 heterocycles. The molecule has 0 saturated carbocycles. The Hall–Kier alpha value is -1.75. The van der Waals surface area contributed by atoms with Crippen molar-refractivity contribution in [3.8, 4) is 11.5 Å². The molecule has 1 unspecified atom stereocenters. The summed E-state index contributed by atoms with van der Waals surface area (Å²) < 4.78 is 16.0. The second kappa shape index (κ2) is 10.1. The van der Waals surface area contributed by atoms with E-state index >= 15 is 0 Å². The second-order valence-corrected chi connectivity index (χ2v) is 5.86. The molecule has 1 atom stereocenters. The lowest BCUT2D eigenvalue weighted by atomic mass is 10.00. The number of hydrogen-bond acceptors (Lipinski definition) is 4. The molecule has 130 valence electrons. The van der Waals surface area contributed by atoms with E-state index in [1.54, 1.807) is 14.2 Å². The lowest BCUT2D eigenvalue weighted by Crippen LogP contribution is -2.31. The van der Waals surface area contributed by atoms with Crippen LogP contribution >= 0.6 is 0 Å². The van der Waals surface area contributed by atoms with Crippen LogP contribution in [-0.4, -0.2) is 39.4 Å². The Bertz CT molecular complexity index is 488. The van der Waals surface area contributed by atoms with E-state index in [9.17, 15) is 4.79 Å². The number of rotatable bonds is 10. The van der Waals surface area contributed by atoms with Crippen LogP contribution in [0.5, 0.6) is 11.5 Å². The van der Waals surface area contributed by atoms with Crippen LogP contribution < -0.4 is 14.8 Å². The molecule has 5 nitrogen and oxygen atoms in total. The van der Waals surface area contributed by atoms with Gasteiger partial charge in [0.15, 0.2) is 11.5 Å². The Labute approximate surface area is 139 Å². The summed E-state index contributed by atoms with van der Waals surface area (Å²) >= 11 is 0. The number of carbonyl (C=O) groups is 1. The lowest BCUT2D eigenvalue weighted by molar-refractivity contribution is -0.124. The summed E-state index contributed by atoms with van der Waals surface area (Å²) in [6.07, 6.45) is 1.72. The Morgan fingerprint density at radius 1 is 1.13 bits per heavy atom. The maximum atomic E-state index is 12.1. The van der Waals surface area contributed by atoms with E-state index in [4.69, 9.17) is 14.2 Å². The molecule has 0 aliphatic carbocycles. The van der Waals surface area contributed by atoms with Gasteiger partial charge in [-0.3, -0.25) is 4.79 Å². The SMILES string of the molecule is COc1ccc(CC(C)C(=O)NCCCOC(C)C)cc1OC. The van der Waals surface area contributed by atoms with E-state index in [2.05, 4.69) is 5.32 Å². The number of amides is 1. The fourth-order valence-electron chi connectivity index (χ4n) is 2.23. The minimum absolute atomic E-state index is 0.0596. The number of nitrogens with one attached hydrogen (secondary N) is 1. The van der Waals surface area contributed by atoms with Crippen LogP contribution in [0.2, 0.25) is 0 Å².